The lowest BCUT2D eigenvalue weighted by Crippen LogP contribution is -2.33. The monoisotopic (exact) mass is 447 g/mol. The predicted molar refractivity (Wildman–Crippen MR) is 105 cm³/mol. The molecule has 2 aromatic rings. The molecule has 160 valence electrons. The second-order valence-electron chi connectivity index (χ2n) is 6.74. The van der Waals surface area contributed by atoms with E-state index in [-0.39, 0.29) is 4.77 Å². The SMILES string of the molecule is CC(C)=CCNc1[nH]c(=S)nc2c1ncn2[C@@H]1O[C@H](COP(=O)(O)O)[C@@H](O)[C@H]1O. The van der Waals surface area contributed by atoms with Crippen LogP contribution < -0.4 is 5.32 Å². The fourth-order valence-electron chi connectivity index (χ4n) is 2.87. The van der Waals surface area contributed by atoms with E-state index < -0.39 is 39.0 Å². The van der Waals surface area contributed by atoms with Gasteiger partial charge in [0.15, 0.2) is 16.6 Å². The highest BCUT2D eigenvalue weighted by molar-refractivity contribution is 7.71. The van der Waals surface area contributed by atoms with E-state index in [9.17, 15) is 14.8 Å². The zero-order chi connectivity index (χ0) is 21.3. The molecular weight excluding hydrogens is 425 g/mol. The molecule has 3 heterocycles. The molecule has 0 saturated carbocycles. The molecule has 12 nitrogen and oxygen atoms in total. The number of allylic oxidation sites excluding steroid dienone is 1. The molecule has 0 radical (unpaired) electrons. The van der Waals surface area contributed by atoms with Gasteiger partial charge in [0.05, 0.1) is 12.9 Å². The van der Waals surface area contributed by atoms with E-state index in [0.29, 0.717) is 23.5 Å². The number of hydrogen-bond donors (Lipinski definition) is 6. The quantitative estimate of drug-likeness (QED) is 0.199. The fourth-order valence-corrected chi connectivity index (χ4v) is 3.40. The summed E-state index contributed by atoms with van der Waals surface area (Å²) in [6.07, 6.45) is -1.74. The number of anilines is 1. The van der Waals surface area contributed by atoms with Crippen molar-refractivity contribution in [3.63, 3.8) is 0 Å². The second kappa shape index (κ2) is 8.58. The minimum Gasteiger partial charge on any atom is -0.387 e. The Hall–Kier alpha value is -1.70. The lowest BCUT2D eigenvalue weighted by atomic mass is 10.1. The van der Waals surface area contributed by atoms with Gasteiger partial charge in [-0.3, -0.25) is 9.09 Å². The van der Waals surface area contributed by atoms with E-state index in [1.807, 2.05) is 19.9 Å². The summed E-state index contributed by atoms with van der Waals surface area (Å²) in [6.45, 7) is 3.87. The molecule has 0 unspecified atom stereocenters. The van der Waals surface area contributed by atoms with Crippen molar-refractivity contribution >= 4 is 37.0 Å². The summed E-state index contributed by atoms with van der Waals surface area (Å²) in [5, 5.41) is 23.7. The molecule has 0 amide bonds. The van der Waals surface area contributed by atoms with Crippen molar-refractivity contribution < 1.29 is 33.8 Å². The summed E-state index contributed by atoms with van der Waals surface area (Å²) < 4.78 is 22.4. The minimum absolute atomic E-state index is 0.174. The molecule has 0 aliphatic carbocycles. The molecule has 1 aliphatic heterocycles. The summed E-state index contributed by atoms with van der Waals surface area (Å²) in [4.78, 5) is 29.1. The number of fused-ring (bicyclic) bond motifs is 1. The molecule has 0 aromatic carbocycles. The molecule has 6 N–H and O–H groups in total. The minimum atomic E-state index is -4.75. The number of rotatable bonds is 7. The number of phosphoric acid groups is 1. The highest BCUT2D eigenvalue weighted by Crippen LogP contribution is 2.38. The van der Waals surface area contributed by atoms with Crippen LogP contribution in [0.2, 0.25) is 0 Å². The topological polar surface area (TPSA) is 175 Å². The first kappa shape index (κ1) is 22.0. The number of phosphoric ester groups is 1. The van der Waals surface area contributed by atoms with Crippen molar-refractivity contribution in [1.29, 1.82) is 0 Å². The Morgan fingerprint density at radius 1 is 1.45 bits per heavy atom. The number of aliphatic hydroxyl groups is 2. The van der Waals surface area contributed by atoms with Gasteiger partial charge in [0.2, 0.25) is 0 Å². The Balaban J connectivity index is 1.88. The zero-order valence-corrected chi connectivity index (χ0v) is 17.3. The molecule has 1 saturated heterocycles. The van der Waals surface area contributed by atoms with Crippen molar-refractivity contribution in [3.05, 3.63) is 22.7 Å². The smallest absolute Gasteiger partial charge is 0.387 e. The van der Waals surface area contributed by atoms with Crippen LogP contribution in [0.15, 0.2) is 18.0 Å². The van der Waals surface area contributed by atoms with Crippen LogP contribution in [0.3, 0.4) is 0 Å². The summed E-state index contributed by atoms with van der Waals surface area (Å²) in [6, 6.07) is 0. The average Bonchev–Trinajstić information content (AvgIpc) is 3.14. The molecule has 1 fully saturated rings. The van der Waals surface area contributed by atoms with Gasteiger partial charge >= 0.3 is 7.82 Å². The third-order valence-electron chi connectivity index (χ3n) is 4.25. The van der Waals surface area contributed by atoms with E-state index in [1.54, 1.807) is 0 Å². The van der Waals surface area contributed by atoms with Crippen LogP contribution in [-0.2, 0) is 13.8 Å². The van der Waals surface area contributed by atoms with Gasteiger partial charge < -0.3 is 35.0 Å². The first-order valence-corrected chi connectivity index (χ1v) is 10.6. The van der Waals surface area contributed by atoms with Gasteiger partial charge in [-0.25, -0.2) is 9.55 Å². The van der Waals surface area contributed by atoms with E-state index >= 15 is 0 Å². The number of H-pyrrole nitrogens is 1. The molecule has 0 bridgehead atoms. The normalized spacial score (nSPS) is 24.8. The number of nitrogens with zero attached hydrogens (tertiary/aromatic N) is 3. The van der Waals surface area contributed by atoms with E-state index in [2.05, 4.69) is 24.8 Å². The Kier molecular flexibility index (Phi) is 6.51. The maximum atomic E-state index is 10.9. The Morgan fingerprint density at radius 3 is 2.83 bits per heavy atom. The average molecular weight is 447 g/mol. The molecule has 3 rings (SSSR count). The first-order chi connectivity index (χ1) is 13.6. The molecule has 2 aromatic heterocycles. The van der Waals surface area contributed by atoms with Gasteiger partial charge in [-0.05, 0) is 26.1 Å². The number of ether oxygens (including phenoxy) is 1. The molecule has 1 aliphatic rings. The number of imidazole rings is 1. The Morgan fingerprint density at radius 2 is 2.17 bits per heavy atom. The first-order valence-electron chi connectivity index (χ1n) is 8.62. The number of aliphatic hydroxyl groups excluding tert-OH is 2. The summed E-state index contributed by atoms with van der Waals surface area (Å²) >= 11 is 5.17. The molecule has 4 atom stereocenters. The predicted octanol–water partition coefficient (Wildman–Crippen LogP) is 0.595. The molecular formula is C15H22N5O7PS. The van der Waals surface area contributed by atoms with Crippen LogP contribution in [-0.4, -0.2) is 71.0 Å². The maximum Gasteiger partial charge on any atom is 0.469 e. The number of aromatic nitrogens is 4. The molecule has 0 spiro atoms. The lowest BCUT2D eigenvalue weighted by Gasteiger charge is -2.16. The maximum absolute atomic E-state index is 10.9. The van der Waals surface area contributed by atoms with Crippen molar-refractivity contribution in [2.24, 2.45) is 0 Å². The van der Waals surface area contributed by atoms with Gasteiger partial charge in [-0.1, -0.05) is 11.6 Å². The van der Waals surface area contributed by atoms with Gasteiger partial charge in [0, 0.05) is 6.54 Å². The standard InChI is InChI=1S/C15H22N5O7PS/c1-7(2)3-4-16-12-9-13(19-15(29)18-12)20(6-17-9)14-11(22)10(21)8(27-14)5-26-28(23,24)25/h3,6,8,10-11,14,21-22H,4-5H2,1-2H3,(H2,23,24,25)(H2,16,18,19,29)/t8-,10-,11-,14-/m1/s1. The summed E-state index contributed by atoms with van der Waals surface area (Å²) in [5.74, 6) is 0.533. The van der Waals surface area contributed by atoms with Gasteiger partial charge in [0.25, 0.3) is 0 Å². The highest BCUT2D eigenvalue weighted by Gasteiger charge is 2.45. The number of hydrogen-bond acceptors (Lipinski definition) is 9. The van der Waals surface area contributed by atoms with Gasteiger partial charge in [-0.2, -0.15) is 4.98 Å². The third-order valence-corrected chi connectivity index (χ3v) is 4.93. The van der Waals surface area contributed by atoms with Crippen molar-refractivity contribution in [3.8, 4) is 0 Å². The van der Waals surface area contributed by atoms with Gasteiger partial charge in [-0.15, -0.1) is 0 Å². The molecule has 29 heavy (non-hydrogen) atoms. The largest absolute Gasteiger partial charge is 0.469 e. The third kappa shape index (κ3) is 5.08. The Labute approximate surface area is 170 Å². The van der Waals surface area contributed by atoms with Crippen molar-refractivity contribution in [2.75, 3.05) is 18.5 Å². The highest BCUT2D eigenvalue weighted by atomic mass is 32.1. The van der Waals surface area contributed by atoms with E-state index in [1.165, 1.54) is 10.9 Å². The Bertz CT molecular complexity index is 1010. The lowest BCUT2D eigenvalue weighted by molar-refractivity contribution is -0.0504. The fraction of sp³-hybridized carbons (Fsp3) is 0.533. The van der Waals surface area contributed by atoms with Crippen LogP contribution in [0, 0.1) is 4.77 Å². The van der Waals surface area contributed by atoms with Crippen LogP contribution in [0.1, 0.15) is 20.1 Å². The van der Waals surface area contributed by atoms with E-state index in [0.717, 1.165) is 5.57 Å². The summed E-state index contributed by atoms with van der Waals surface area (Å²) in [5.41, 5.74) is 1.88. The van der Waals surface area contributed by atoms with Gasteiger partial charge in [0.1, 0.15) is 29.6 Å². The van der Waals surface area contributed by atoms with Crippen molar-refractivity contribution in [1.82, 2.24) is 19.5 Å². The number of nitrogens with one attached hydrogen (secondary N) is 2. The number of aromatic amines is 1. The van der Waals surface area contributed by atoms with Crippen LogP contribution >= 0.6 is 20.0 Å². The van der Waals surface area contributed by atoms with Crippen LogP contribution in [0.25, 0.3) is 11.2 Å². The van der Waals surface area contributed by atoms with Crippen LogP contribution in [0.4, 0.5) is 5.82 Å². The zero-order valence-electron chi connectivity index (χ0n) is 15.6. The summed E-state index contributed by atoms with van der Waals surface area (Å²) in [7, 11) is -4.75. The van der Waals surface area contributed by atoms with Crippen LogP contribution in [0.5, 0.6) is 0 Å². The van der Waals surface area contributed by atoms with Crippen molar-refractivity contribution in [2.45, 2.75) is 38.4 Å². The second-order valence-corrected chi connectivity index (χ2v) is 8.36. The molecule has 14 heteroatoms. The van der Waals surface area contributed by atoms with E-state index in [4.69, 9.17) is 26.7 Å².